The molecule has 0 aromatic carbocycles. The van der Waals surface area contributed by atoms with Gasteiger partial charge in [-0.25, -0.2) is 0 Å². The molecule has 0 amide bonds. The molecule has 2 atom stereocenters. The van der Waals surface area contributed by atoms with Crippen LogP contribution in [0.1, 0.15) is 45.3 Å². The SMILES string of the molecule is CCNCC1(Cc2ccn(C(C)CC)n2)CCOC1. The summed E-state index contributed by atoms with van der Waals surface area (Å²) in [5, 5.41) is 8.21. The van der Waals surface area contributed by atoms with Crippen molar-refractivity contribution < 1.29 is 4.74 Å². The van der Waals surface area contributed by atoms with Gasteiger partial charge in [0, 0.05) is 37.2 Å². The van der Waals surface area contributed by atoms with Gasteiger partial charge >= 0.3 is 0 Å². The second kappa shape index (κ2) is 6.53. The Kier molecular flexibility index (Phi) is 4.99. The lowest BCUT2D eigenvalue weighted by molar-refractivity contribution is 0.149. The number of nitrogens with one attached hydrogen (secondary N) is 1. The predicted molar refractivity (Wildman–Crippen MR) is 77.3 cm³/mol. The maximum atomic E-state index is 5.63. The van der Waals surface area contributed by atoms with E-state index in [1.165, 1.54) is 5.69 Å². The molecule has 4 nitrogen and oxygen atoms in total. The molecule has 0 saturated carbocycles. The van der Waals surface area contributed by atoms with Crippen molar-refractivity contribution in [1.82, 2.24) is 15.1 Å². The maximum absolute atomic E-state index is 5.63. The quantitative estimate of drug-likeness (QED) is 0.823. The van der Waals surface area contributed by atoms with Crippen molar-refractivity contribution in [1.29, 1.82) is 0 Å². The van der Waals surface area contributed by atoms with Crippen LogP contribution in [0.3, 0.4) is 0 Å². The van der Waals surface area contributed by atoms with Crippen LogP contribution in [0.25, 0.3) is 0 Å². The lowest BCUT2D eigenvalue weighted by Gasteiger charge is -2.26. The summed E-state index contributed by atoms with van der Waals surface area (Å²) in [6.45, 7) is 10.4. The first-order valence-electron chi connectivity index (χ1n) is 7.51. The van der Waals surface area contributed by atoms with E-state index in [0.717, 1.165) is 45.6 Å². The zero-order valence-corrected chi connectivity index (χ0v) is 12.5. The Hall–Kier alpha value is -0.870. The molecule has 0 radical (unpaired) electrons. The third kappa shape index (κ3) is 3.57. The molecule has 4 heteroatoms. The fourth-order valence-electron chi connectivity index (χ4n) is 2.67. The maximum Gasteiger partial charge on any atom is 0.0631 e. The van der Waals surface area contributed by atoms with E-state index in [9.17, 15) is 0 Å². The van der Waals surface area contributed by atoms with Crippen LogP contribution < -0.4 is 5.32 Å². The van der Waals surface area contributed by atoms with Crippen molar-refractivity contribution in [2.45, 2.75) is 46.1 Å². The van der Waals surface area contributed by atoms with Crippen molar-refractivity contribution in [3.63, 3.8) is 0 Å². The number of hydrogen-bond donors (Lipinski definition) is 1. The first kappa shape index (κ1) is 14.5. The zero-order valence-electron chi connectivity index (χ0n) is 12.5. The minimum Gasteiger partial charge on any atom is -0.381 e. The zero-order chi connectivity index (χ0) is 13.7. The molecule has 1 fully saturated rings. The number of rotatable bonds is 7. The van der Waals surface area contributed by atoms with Crippen LogP contribution in [-0.2, 0) is 11.2 Å². The Labute approximate surface area is 116 Å². The molecule has 1 aliphatic heterocycles. The van der Waals surface area contributed by atoms with Crippen molar-refractivity contribution >= 4 is 0 Å². The summed E-state index contributed by atoms with van der Waals surface area (Å²) in [4.78, 5) is 0. The van der Waals surface area contributed by atoms with Gasteiger partial charge in [0.1, 0.15) is 0 Å². The van der Waals surface area contributed by atoms with E-state index in [-0.39, 0.29) is 5.41 Å². The molecule has 1 aromatic rings. The predicted octanol–water partition coefficient (Wildman–Crippen LogP) is 2.41. The molecule has 1 aliphatic rings. The Morgan fingerprint density at radius 3 is 3.00 bits per heavy atom. The molecule has 1 aromatic heterocycles. The molecule has 0 spiro atoms. The van der Waals surface area contributed by atoms with Gasteiger partial charge in [0.15, 0.2) is 0 Å². The lowest BCUT2D eigenvalue weighted by Crippen LogP contribution is -2.36. The Morgan fingerprint density at radius 2 is 2.37 bits per heavy atom. The highest BCUT2D eigenvalue weighted by Crippen LogP contribution is 2.31. The Bertz CT molecular complexity index is 382. The second-order valence-corrected chi connectivity index (χ2v) is 5.80. The summed E-state index contributed by atoms with van der Waals surface area (Å²) < 4.78 is 7.72. The van der Waals surface area contributed by atoms with Crippen LogP contribution in [-0.4, -0.2) is 36.1 Å². The average molecular weight is 265 g/mol. The molecular weight excluding hydrogens is 238 g/mol. The minimum atomic E-state index is 0.241. The van der Waals surface area contributed by atoms with Gasteiger partial charge in [-0.05, 0) is 32.4 Å². The van der Waals surface area contributed by atoms with Crippen molar-refractivity contribution in [3.05, 3.63) is 18.0 Å². The van der Waals surface area contributed by atoms with Crippen molar-refractivity contribution in [2.24, 2.45) is 5.41 Å². The standard InChI is InChI=1S/C15H27N3O/c1-4-13(3)18-8-6-14(17-18)10-15(11-16-5-2)7-9-19-12-15/h6,8,13,16H,4-5,7,9-12H2,1-3H3. The summed E-state index contributed by atoms with van der Waals surface area (Å²) in [5.41, 5.74) is 1.44. The van der Waals surface area contributed by atoms with E-state index >= 15 is 0 Å². The fraction of sp³-hybridized carbons (Fsp3) is 0.800. The molecule has 2 heterocycles. The molecule has 108 valence electrons. The van der Waals surface area contributed by atoms with Gasteiger partial charge in [0.2, 0.25) is 0 Å². The van der Waals surface area contributed by atoms with Gasteiger partial charge in [-0.15, -0.1) is 0 Å². The van der Waals surface area contributed by atoms with Crippen LogP contribution in [0.4, 0.5) is 0 Å². The van der Waals surface area contributed by atoms with Crippen molar-refractivity contribution in [2.75, 3.05) is 26.3 Å². The minimum absolute atomic E-state index is 0.241. The van der Waals surface area contributed by atoms with Gasteiger partial charge in [0.25, 0.3) is 0 Å². The van der Waals surface area contributed by atoms with E-state index in [1.54, 1.807) is 0 Å². The van der Waals surface area contributed by atoms with Gasteiger partial charge in [0.05, 0.1) is 12.3 Å². The van der Waals surface area contributed by atoms with E-state index in [2.05, 4.69) is 43.0 Å². The highest BCUT2D eigenvalue weighted by atomic mass is 16.5. The number of hydrogen-bond acceptors (Lipinski definition) is 3. The molecule has 2 rings (SSSR count). The lowest BCUT2D eigenvalue weighted by atomic mass is 9.82. The van der Waals surface area contributed by atoms with E-state index in [4.69, 9.17) is 9.84 Å². The Balaban J connectivity index is 2.02. The van der Waals surface area contributed by atoms with Gasteiger partial charge in [-0.3, -0.25) is 4.68 Å². The third-order valence-electron chi connectivity index (χ3n) is 4.20. The largest absolute Gasteiger partial charge is 0.381 e. The van der Waals surface area contributed by atoms with Gasteiger partial charge in [-0.2, -0.15) is 5.10 Å². The molecular formula is C15H27N3O. The van der Waals surface area contributed by atoms with Crippen molar-refractivity contribution in [3.8, 4) is 0 Å². The molecule has 1 N–H and O–H groups in total. The fourth-order valence-corrected chi connectivity index (χ4v) is 2.67. The smallest absolute Gasteiger partial charge is 0.0631 e. The number of nitrogens with zero attached hydrogens (tertiary/aromatic N) is 2. The van der Waals surface area contributed by atoms with E-state index in [1.807, 2.05) is 0 Å². The molecule has 1 saturated heterocycles. The summed E-state index contributed by atoms with van der Waals surface area (Å²) in [5.74, 6) is 0. The topological polar surface area (TPSA) is 39.1 Å². The monoisotopic (exact) mass is 265 g/mol. The third-order valence-corrected chi connectivity index (χ3v) is 4.20. The van der Waals surface area contributed by atoms with E-state index < -0.39 is 0 Å². The summed E-state index contributed by atoms with van der Waals surface area (Å²) in [6, 6.07) is 2.65. The number of aromatic nitrogens is 2. The van der Waals surface area contributed by atoms with E-state index in [0.29, 0.717) is 6.04 Å². The molecule has 0 bridgehead atoms. The number of ether oxygens (including phenoxy) is 1. The summed E-state index contributed by atoms with van der Waals surface area (Å²) in [7, 11) is 0. The molecule has 2 unspecified atom stereocenters. The Morgan fingerprint density at radius 1 is 1.53 bits per heavy atom. The normalized spacial score (nSPS) is 24.8. The summed E-state index contributed by atoms with van der Waals surface area (Å²) in [6.07, 6.45) is 5.38. The van der Waals surface area contributed by atoms with Gasteiger partial charge in [-0.1, -0.05) is 13.8 Å². The molecule has 19 heavy (non-hydrogen) atoms. The van der Waals surface area contributed by atoms with Gasteiger partial charge < -0.3 is 10.1 Å². The average Bonchev–Trinajstić information content (AvgIpc) is 3.06. The first-order valence-corrected chi connectivity index (χ1v) is 7.51. The highest BCUT2D eigenvalue weighted by molar-refractivity contribution is 5.05. The van der Waals surface area contributed by atoms with Crippen LogP contribution in [0.15, 0.2) is 12.3 Å². The highest BCUT2D eigenvalue weighted by Gasteiger charge is 2.35. The summed E-state index contributed by atoms with van der Waals surface area (Å²) >= 11 is 0. The van der Waals surface area contributed by atoms with Crippen LogP contribution in [0.2, 0.25) is 0 Å². The first-order chi connectivity index (χ1) is 9.19. The van der Waals surface area contributed by atoms with Crippen LogP contribution in [0, 0.1) is 5.41 Å². The van der Waals surface area contributed by atoms with Crippen LogP contribution >= 0.6 is 0 Å². The second-order valence-electron chi connectivity index (χ2n) is 5.80. The molecule has 0 aliphatic carbocycles. The van der Waals surface area contributed by atoms with Crippen LogP contribution in [0.5, 0.6) is 0 Å².